The predicted octanol–water partition coefficient (Wildman–Crippen LogP) is 5.14. The van der Waals surface area contributed by atoms with Gasteiger partial charge in [0.2, 0.25) is 0 Å². The second kappa shape index (κ2) is 6.79. The van der Waals surface area contributed by atoms with Crippen LogP contribution in [0, 0.1) is 0 Å². The first-order valence-corrected chi connectivity index (χ1v) is 8.59. The third-order valence-corrected chi connectivity index (χ3v) is 4.61. The minimum Gasteiger partial charge on any atom is -0.345 e. The fraction of sp³-hybridized carbons (Fsp3) is 0.143. The van der Waals surface area contributed by atoms with Crippen LogP contribution < -0.4 is 5.32 Å². The Hall–Kier alpha value is -3.28. The van der Waals surface area contributed by atoms with E-state index in [2.05, 4.69) is 15.3 Å². The fourth-order valence-electron chi connectivity index (χ4n) is 3.26. The van der Waals surface area contributed by atoms with Gasteiger partial charge in [0.05, 0.1) is 17.1 Å². The van der Waals surface area contributed by atoms with E-state index in [1.165, 1.54) is 0 Å². The van der Waals surface area contributed by atoms with Crippen LogP contribution in [0.1, 0.15) is 41.1 Å². The topological polar surface area (TPSA) is 57.8 Å². The molecule has 0 bridgehead atoms. The van der Waals surface area contributed by atoms with Crippen molar-refractivity contribution in [1.29, 1.82) is 0 Å². The molecule has 1 heterocycles. The summed E-state index contributed by atoms with van der Waals surface area (Å²) in [6.07, 6.45) is -2.68. The first kappa shape index (κ1) is 17.1. The molecule has 1 aromatic heterocycles. The van der Waals surface area contributed by atoms with Crippen molar-refractivity contribution in [3.05, 3.63) is 77.6 Å². The summed E-state index contributed by atoms with van der Waals surface area (Å²) < 4.78 is 25.6. The van der Waals surface area contributed by atoms with Gasteiger partial charge < -0.3 is 10.3 Å². The molecular weight excluding hydrogens is 348 g/mol. The van der Waals surface area contributed by atoms with Gasteiger partial charge in [0, 0.05) is 5.56 Å². The van der Waals surface area contributed by atoms with E-state index in [0.29, 0.717) is 16.6 Å². The van der Waals surface area contributed by atoms with Crippen LogP contribution in [0.15, 0.2) is 60.7 Å². The molecule has 0 fully saturated rings. The maximum Gasteiger partial charge on any atom is 0.295 e. The van der Waals surface area contributed by atoms with Crippen LogP contribution in [0.5, 0.6) is 0 Å². The number of rotatable bonds is 4. The molecule has 0 aliphatic carbocycles. The standard InChI is InChI=1S/C21H17F2N3O/c1-12(15-8-4-6-13-5-2-3-7-16(13)15)24-21(27)14-9-10-17-18(11-14)26-20(25-17)19(22)23/h2-12,19H,1H3,(H,24,27)(H,25,26). The molecule has 27 heavy (non-hydrogen) atoms. The van der Waals surface area contributed by atoms with Gasteiger partial charge in [0.25, 0.3) is 12.3 Å². The van der Waals surface area contributed by atoms with E-state index in [0.717, 1.165) is 16.3 Å². The third-order valence-electron chi connectivity index (χ3n) is 4.61. The molecule has 0 radical (unpaired) electrons. The average molecular weight is 365 g/mol. The molecule has 2 N–H and O–H groups in total. The molecule has 0 aliphatic rings. The number of alkyl halides is 2. The van der Waals surface area contributed by atoms with Crippen LogP contribution in [0.25, 0.3) is 21.8 Å². The molecule has 4 aromatic rings. The molecule has 0 saturated heterocycles. The van der Waals surface area contributed by atoms with Gasteiger partial charge in [-0.05, 0) is 41.5 Å². The number of H-pyrrole nitrogens is 1. The number of hydrogen-bond acceptors (Lipinski definition) is 2. The van der Waals surface area contributed by atoms with Gasteiger partial charge in [-0.2, -0.15) is 0 Å². The number of carbonyl (C=O) groups is 1. The number of aromatic amines is 1. The Bertz CT molecular complexity index is 1130. The summed E-state index contributed by atoms with van der Waals surface area (Å²) >= 11 is 0. The molecule has 0 spiro atoms. The van der Waals surface area contributed by atoms with Crippen LogP contribution in [0.4, 0.5) is 8.78 Å². The lowest BCUT2D eigenvalue weighted by Crippen LogP contribution is -2.26. The lowest BCUT2D eigenvalue weighted by atomic mass is 9.99. The second-order valence-electron chi connectivity index (χ2n) is 6.42. The number of amides is 1. The Kier molecular flexibility index (Phi) is 4.32. The van der Waals surface area contributed by atoms with E-state index < -0.39 is 12.2 Å². The highest BCUT2D eigenvalue weighted by molar-refractivity contribution is 5.98. The van der Waals surface area contributed by atoms with Crippen molar-refractivity contribution in [2.75, 3.05) is 0 Å². The number of carbonyl (C=O) groups excluding carboxylic acids is 1. The van der Waals surface area contributed by atoms with Gasteiger partial charge in [-0.3, -0.25) is 4.79 Å². The van der Waals surface area contributed by atoms with Gasteiger partial charge in [-0.1, -0.05) is 42.5 Å². The van der Waals surface area contributed by atoms with Crippen molar-refractivity contribution in [2.24, 2.45) is 0 Å². The van der Waals surface area contributed by atoms with E-state index in [9.17, 15) is 13.6 Å². The normalized spacial score (nSPS) is 12.6. The molecular formula is C21H17F2N3O. The van der Waals surface area contributed by atoms with E-state index >= 15 is 0 Å². The molecule has 4 nitrogen and oxygen atoms in total. The van der Waals surface area contributed by atoms with Gasteiger partial charge in [0.15, 0.2) is 5.82 Å². The van der Waals surface area contributed by atoms with E-state index in [1.807, 2.05) is 49.4 Å². The number of nitrogens with zero attached hydrogens (tertiary/aromatic N) is 1. The van der Waals surface area contributed by atoms with Gasteiger partial charge >= 0.3 is 0 Å². The fourth-order valence-corrected chi connectivity index (χ4v) is 3.26. The Balaban J connectivity index is 1.60. The molecule has 0 saturated carbocycles. The Labute approximate surface area is 154 Å². The number of hydrogen-bond donors (Lipinski definition) is 2. The SMILES string of the molecule is CC(NC(=O)c1ccc2nc(C(F)F)[nH]c2c1)c1cccc2ccccc12. The number of aromatic nitrogens is 2. The Morgan fingerprint density at radius 1 is 1.07 bits per heavy atom. The van der Waals surface area contributed by atoms with Crippen LogP contribution in [-0.4, -0.2) is 15.9 Å². The molecule has 3 aromatic carbocycles. The molecule has 6 heteroatoms. The Morgan fingerprint density at radius 2 is 1.85 bits per heavy atom. The number of benzene rings is 3. The van der Waals surface area contributed by atoms with E-state index in [-0.39, 0.29) is 11.9 Å². The molecule has 1 atom stereocenters. The van der Waals surface area contributed by atoms with E-state index in [1.54, 1.807) is 18.2 Å². The highest BCUT2D eigenvalue weighted by Crippen LogP contribution is 2.25. The zero-order valence-electron chi connectivity index (χ0n) is 14.5. The van der Waals surface area contributed by atoms with Crippen LogP contribution in [0.2, 0.25) is 0 Å². The van der Waals surface area contributed by atoms with Crippen molar-refractivity contribution in [2.45, 2.75) is 19.4 Å². The smallest absolute Gasteiger partial charge is 0.295 e. The number of imidazole rings is 1. The molecule has 1 unspecified atom stereocenters. The largest absolute Gasteiger partial charge is 0.345 e. The van der Waals surface area contributed by atoms with Crippen molar-refractivity contribution in [3.8, 4) is 0 Å². The van der Waals surface area contributed by atoms with Gasteiger partial charge in [-0.25, -0.2) is 13.8 Å². The summed E-state index contributed by atoms with van der Waals surface area (Å²) in [6.45, 7) is 1.92. The van der Waals surface area contributed by atoms with Crippen LogP contribution in [0.3, 0.4) is 0 Å². The summed E-state index contributed by atoms with van der Waals surface area (Å²) in [5, 5.41) is 5.17. The molecule has 136 valence electrons. The van der Waals surface area contributed by atoms with E-state index in [4.69, 9.17) is 0 Å². The number of halogens is 2. The lowest BCUT2D eigenvalue weighted by molar-refractivity contribution is 0.0940. The summed E-state index contributed by atoms with van der Waals surface area (Å²) in [6, 6.07) is 18.4. The second-order valence-corrected chi connectivity index (χ2v) is 6.42. The minimum atomic E-state index is -2.68. The summed E-state index contributed by atoms with van der Waals surface area (Å²) in [5.74, 6) is -0.669. The van der Waals surface area contributed by atoms with Crippen LogP contribution in [-0.2, 0) is 0 Å². The maximum atomic E-state index is 12.8. The first-order valence-electron chi connectivity index (χ1n) is 8.59. The monoisotopic (exact) mass is 365 g/mol. The number of fused-ring (bicyclic) bond motifs is 2. The summed E-state index contributed by atoms with van der Waals surface area (Å²) in [4.78, 5) is 19.0. The zero-order chi connectivity index (χ0) is 19.0. The highest BCUT2D eigenvalue weighted by atomic mass is 19.3. The first-order chi connectivity index (χ1) is 13.0. The summed E-state index contributed by atoms with van der Waals surface area (Å²) in [5.41, 5.74) is 2.22. The van der Waals surface area contributed by atoms with Crippen molar-refractivity contribution >= 4 is 27.7 Å². The third kappa shape index (κ3) is 3.26. The van der Waals surface area contributed by atoms with Crippen LogP contribution >= 0.6 is 0 Å². The van der Waals surface area contributed by atoms with Crippen molar-refractivity contribution in [3.63, 3.8) is 0 Å². The molecule has 0 aliphatic heterocycles. The van der Waals surface area contributed by atoms with Crippen molar-refractivity contribution < 1.29 is 13.6 Å². The zero-order valence-corrected chi connectivity index (χ0v) is 14.5. The van der Waals surface area contributed by atoms with Gasteiger partial charge in [-0.15, -0.1) is 0 Å². The molecule has 1 amide bonds. The maximum absolute atomic E-state index is 12.8. The van der Waals surface area contributed by atoms with Gasteiger partial charge in [0.1, 0.15) is 0 Å². The lowest BCUT2D eigenvalue weighted by Gasteiger charge is -2.16. The number of nitrogens with one attached hydrogen (secondary N) is 2. The molecule has 4 rings (SSSR count). The van der Waals surface area contributed by atoms with Crippen molar-refractivity contribution in [1.82, 2.24) is 15.3 Å². The highest BCUT2D eigenvalue weighted by Gasteiger charge is 2.16. The Morgan fingerprint density at radius 3 is 2.67 bits per heavy atom. The minimum absolute atomic E-state index is 0.210. The summed E-state index contributed by atoms with van der Waals surface area (Å²) in [7, 11) is 0. The quantitative estimate of drug-likeness (QED) is 0.526. The average Bonchev–Trinajstić information content (AvgIpc) is 3.11. The predicted molar refractivity (Wildman–Crippen MR) is 101 cm³/mol.